The minimum absolute atomic E-state index is 0.0279. The molecule has 0 N–H and O–H groups in total. The summed E-state index contributed by atoms with van der Waals surface area (Å²) < 4.78 is 0. The monoisotopic (exact) mass is 251 g/mol. The standard InChI is InChI=1S/C12H14ClN3O/c1-9(2)16(7-3-5-14)12(17)10-4-6-15-8-11(10)13/h4,6,8-9H,3,7H2,1-2H3. The molecule has 0 aliphatic heterocycles. The molecule has 1 heterocycles. The van der Waals surface area contributed by atoms with Crippen molar-refractivity contribution in [2.24, 2.45) is 0 Å². The molecule has 0 spiro atoms. The predicted molar refractivity (Wildman–Crippen MR) is 65.6 cm³/mol. The van der Waals surface area contributed by atoms with Gasteiger partial charge in [-0.1, -0.05) is 11.6 Å². The maximum Gasteiger partial charge on any atom is 0.255 e. The van der Waals surface area contributed by atoms with Gasteiger partial charge in [-0.25, -0.2) is 0 Å². The third kappa shape index (κ3) is 3.43. The maximum absolute atomic E-state index is 12.2. The Balaban J connectivity index is 2.93. The molecule has 0 saturated carbocycles. The second kappa shape index (κ2) is 6.21. The maximum atomic E-state index is 12.2. The van der Waals surface area contributed by atoms with Gasteiger partial charge in [-0.15, -0.1) is 0 Å². The Labute approximate surface area is 106 Å². The number of carbonyl (C=O) groups is 1. The van der Waals surface area contributed by atoms with E-state index in [1.807, 2.05) is 19.9 Å². The van der Waals surface area contributed by atoms with Gasteiger partial charge in [0.15, 0.2) is 0 Å². The molecule has 90 valence electrons. The SMILES string of the molecule is CC(C)N(CCC#N)C(=O)c1ccncc1Cl. The average molecular weight is 252 g/mol. The molecule has 1 amide bonds. The van der Waals surface area contributed by atoms with Crippen LogP contribution in [0.15, 0.2) is 18.5 Å². The Kier molecular flexibility index (Phi) is 4.92. The van der Waals surface area contributed by atoms with Crippen LogP contribution in [0.2, 0.25) is 5.02 Å². The number of amides is 1. The number of nitrogens with zero attached hydrogens (tertiary/aromatic N) is 3. The van der Waals surface area contributed by atoms with Crippen molar-refractivity contribution in [1.82, 2.24) is 9.88 Å². The van der Waals surface area contributed by atoms with Crippen LogP contribution in [0.25, 0.3) is 0 Å². The van der Waals surface area contributed by atoms with Gasteiger partial charge in [0, 0.05) is 25.0 Å². The highest BCUT2D eigenvalue weighted by atomic mass is 35.5. The summed E-state index contributed by atoms with van der Waals surface area (Å²) in [6.07, 6.45) is 3.28. The smallest absolute Gasteiger partial charge is 0.255 e. The fraction of sp³-hybridized carbons (Fsp3) is 0.417. The fourth-order valence-corrected chi connectivity index (χ4v) is 1.67. The van der Waals surface area contributed by atoms with Crippen LogP contribution >= 0.6 is 11.6 Å². The summed E-state index contributed by atoms with van der Waals surface area (Å²) in [7, 11) is 0. The van der Waals surface area contributed by atoms with Crippen molar-refractivity contribution >= 4 is 17.5 Å². The zero-order valence-electron chi connectivity index (χ0n) is 9.85. The summed E-state index contributed by atoms with van der Waals surface area (Å²) >= 11 is 5.93. The van der Waals surface area contributed by atoms with Crippen LogP contribution in [0.5, 0.6) is 0 Å². The van der Waals surface area contributed by atoms with E-state index < -0.39 is 0 Å². The number of pyridine rings is 1. The van der Waals surface area contributed by atoms with Crippen molar-refractivity contribution in [3.05, 3.63) is 29.0 Å². The third-order valence-corrected chi connectivity index (χ3v) is 2.65. The molecule has 5 heteroatoms. The predicted octanol–water partition coefficient (Wildman–Crippen LogP) is 2.50. The van der Waals surface area contributed by atoms with Crippen LogP contribution in [0.3, 0.4) is 0 Å². The highest BCUT2D eigenvalue weighted by molar-refractivity contribution is 6.33. The molecule has 0 fully saturated rings. The highest BCUT2D eigenvalue weighted by Gasteiger charge is 2.20. The average Bonchev–Trinajstić information content (AvgIpc) is 2.29. The number of aromatic nitrogens is 1. The number of rotatable bonds is 4. The van der Waals surface area contributed by atoms with Crippen LogP contribution in [-0.4, -0.2) is 28.4 Å². The number of halogens is 1. The Morgan fingerprint density at radius 1 is 1.65 bits per heavy atom. The van der Waals surface area contributed by atoms with Crippen molar-refractivity contribution in [1.29, 1.82) is 5.26 Å². The van der Waals surface area contributed by atoms with Gasteiger partial charge in [0.1, 0.15) is 0 Å². The molecule has 0 saturated heterocycles. The molecule has 17 heavy (non-hydrogen) atoms. The fourth-order valence-electron chi connectivity index (χ4n) is 1.47. The van der Waals surface area contributed by atoms with Gasteiger partial charge in [-0.2, -0.15) is 5.26 Å². The molecule has 0 aliphatic carbocycles. The van der Waals surface area contributed by atoms with Crippen LogP contribution < -0.4 is 0 Å². The normalized spacial score (nSPS) is 10.1. The number of hydrogen-bond donors (Lipinski definition) is 0. The summed E-state index contributed by atoms with van der Waals surface area (Å²) in [6, 6.07) is 3.65. The van der Waals surface area contributed by atoms with Gasteiger partial charge in [-0.3, -0.25) is 9.78 Å². The van der Waals surface area contributed by atoms with Crippen molar-refractivity contribution in [2.45, 2.75) is 26.3 Å². The Morgan fingerprint density at radius 3 is 2.88 bits per heavy atom. The number of carbonyl (C=O) groups excluding carboxylic acids is 1. The van der Waals surface area contributed by atoms with Crippen LogP contribution in [-0.2, 0) is 0 Å². The largest absolute Gasteiger partial charge is 0.335 e. The van der Waals surface area contributed by atoms with E-state index in [1.165, 1.54) is 12.4 Å². The number of nitriles is 1. The summed E-state index contributed by atoms with van der Waals surface area (Å²) in [4.78, 5) is 17.7. The van der Waals surface area contributed by atoms with E-state index in [2.05, 4.69) is 4.98 Å². The summed E-state index contributed by atoms with van der Waals surface area (Å²) in [5.41, 5.74) is 0.424. The van der Waals surface area contributed by atoms with Crippen molar-refractivity contribution in [2.75, 3.05) is 6.54 Å². The topological polar surface area (TPSA) is 57.0 Å². The molecule has 4 nitrogen and oxygen atoms in total. The Morgan fingerprint density at radius 2 is 2.35 bits per heavy atom. The lowest BCUT2D eigenvalue weighted by Crippen LogP contribution is -2.37. The molecule has 0 bridgehead atoms. The van der Waals surface area contributed by atoms with Gasteiger partial charge in [0.25, 0.3) is 5.91 Å². The van der Waals surface area contributed by atoms with Gasteiger partial charge < -0.3 is 4.90 Å². The highest BCUT2D eigenvalue weighted by Crippen LogP contribution is 2.17. The van der Waals surface area contributed by atoms with Gasteiger partial charge in [0.2, 0.25) is 0 Å². The van der Waals surface area contributed by atoms with E-state index >= 15 is 0 Å². The zero-order valence-corrected chi connectivity index (χ0v) is 10.6. The van der Waals surface area contributed by atoms with Gasteiger partial charge >= 0.3 is 0 Å². The molecule has 1 rings (SSSR count). The van der Waals surface area contributed by atoms with E-state index in [0.717, 1.165) is 0 Å². The quantitative estimate of drug-likeness (QED) is 0.826. The zero-order chi connectivity index (χ0) is 12.8. The van der Waals surface area contributed by atoms with E-state index in [-0.39, 0.29) is 11.9 Å². The van der Waals surface area contributed by atoms with E-state index in [9.17, 15) is 4.79 Å². The van der Waals surface area contributed by atoms with Crippen molar-refractivity contribution in [3.8, 4) is 6.07 Å². The van der Waals surface area contributed by atoms with E-state index in [4.69, 9.17) is 16.9 Å². The summed E-state index contributed by atoms with van der Waals surface area (Å²) in [5.74, 6) is -0.164. The molecule has 0 aromatic carbocycles. The molecule has 1 aromatic heterocycles. The summed E-state index contributed by atoms with van der Waals surface area (Å²) in [5, 5.41) is 8.91. The lowest BCUT2D eigenvalue weighted by atomic mass is 10.2. The first-order valence-electron chi connectivity index (χ1n) is 5.35. The van der Waals surface area contributed by atoms with E-state index in [1.54, 1.807) is 11.0 Å². The minimum atomic E-state index is -0.164. The van der Waals surface area contributed by atoms with Crippen LogP contribution in [0.4, 0.5) is 0 Å². The second-order valence-electron chi connectivity index (χ2n) is 3.86. The summed E-state index contributed by atoms with van der Waals surface area (Å²) in [6.45, 7) is 4.22. The van der Waals surface area contributed by atoms with E-state index in [0.29, 0.717) is 23.6 Å². The number of hydrogen-bond acceptors (Lipinski definition) is 3. The molecule has 0 radical (unpaired) electrons. The molecule has 0 aliphatic rings. The first-order chi connectivity index (χ1) is 8.07. The second-order valence-corrected chi connectivity index (χ2v) is 4.26. The lowest BCUT2D eigenvalue weighted by molar-refractivity contribution is 0.0710. The van der Waals surface area contributed by atoms with Gasteiger partial charge in [0.05, 0.1) is 23.1 Å². The Hall–Kier alpha value is -1.60. The molecular weight excluding hydrogens is 238 g/mol. The first kappa shape index (κ1) is 13.5. The minimum Gasteiger partial charge on any atom is -0.335 e. The van der Waals surface area contributed by atoms with Crippen molar-refractivity contribution < 1.29 is 4.79 Å². The van der Waals surface area contributed by atoms with Gasteiger partial charge in [-0.05, 0) is 19.9 Å². The lowest BCUT2D eigenvalue weighted by Gasteiger charge is -2.26. The Bertz CT molecular complexity index is 440. The third-order valence-electron chi connectivity index (χ3n) is 2.35. The molecular formula is C12H14ClN3O. The van der Waals surface area contributed by atoms with Crippen LogP contribution in [0.1, 0.15) is 30.6 Å². The molecule has 0 atom stereocenters. The van der Waals surface area contributed by atoms with Crippen LogP contribution in [0, 0.1) is 11.3 Å². The molecule has 0 unspecified atom stereocenters. The molecule has 1 aromatic rings. The first-order valence-corrected chi connectivity index (χ1v) is 5.73. The van der Waals surface area contributed by atoms with Crippen molar-refractivity contribution in [3.63, 3.8) is 0 Å².